The molecule has 7 nitrogen and oxygen atoms in total. The van der Waals surface area contributed by atoms with Crippen molar-refractivity contribution >= 4 is 23.2 Å². The van der Waals surface area contributed by atoms with E-state index < -0.39 is 5.97 Å². The van der Waals surface area contributed by atoms with Gasteiger partial charge in [-0.25, -0.2) is 9.78 Å². The Morgan fingerprint density at radius 2 is 2.04 bits per heavy atom. The quantitative estimate of drug-likeness (QED) is 0.784. The van der Waals surface area contributed by atoms with Crippen LogP contribution in [0.15, 0.2) is 18.2 Å². The number of carboxylic acids is 1. The summed E-state index contributed by atoms with van der Waals surface area (Å²) in [6, 6.07) is 4.86. The van der Waals surface area contributed by atoms with Crippen molar-refractivity contribution in [2.24, 2.45) is 0 Å². The van der Waals surface area contributed by atoms with Crippen LogP contribution in [0.4, 0.5) is 0 Å². The highest BCUT2D eigenvalue weighted by molar-refractivity contribution is 7.13. The van der Waals surface area contributed by atoms with E-state index in [-0.39, 0.29) is 23.2 Å². The highest BCUT2D eigenvalue weighted by Crippen LogP contribution is 2.26. The van der Waals surface area contributed by atoms with Crippen LogP contribution in [0.3, 0.4) is 0 Å². The highest BCUT2D eigenvalue weighted by Gasteiger charge is 2.20. The first-order chi connectivity index (χ1) is 11.8. The molecule has 1 aromatic carbocycles. The number of benzene rings is 1. The van der Waals surface area contributed by atoms with Crippen molar-refractivity contribution in [3.8, 4) is 11.5 Å². The fourth-order valence-corrected chi connectivity index (χ4v) is 3.26. The number of nitrogens with zero attached hydrogens (tertiary/aromatic N) is 1. The van der Waals surface area contributed by atoms with Crippen molar-refractivity contribution in [2.45, 2.75) is 26.3 Å². The predicted octanol–water partition coefficient (Wildman–Crippen LogP) is 2.59. The Hall–Kier alpha value is -2.61. The first kappa shape index (κ1) is 18.7. The standard InChI is InChI=1S/C17H20N2O5S/c1-9-15(17(21)22)25-16(19-9)10(2)18-14(20)8-11-7-12(23-3)5-6-13(11)24-4/h5-7,10H,8H2,1-4H3,(H,18,20)(H,21,22). The lowest BCUT2D eigenvalue weighted by molar-refractivity contribution is -0.121. The zero-order valence-electron chi connectivity index (χ0n) is 14.5. The first-order valence-electron chi connectivity index (χ1n) is 7.56. The van der Waals surface area contributed by atoms with Crippen LogP contribution in [0.25, 0.3) is 0 Å². The third-order valence-electron chi connectivity index (χ3n) is 3.59. The second-order valence-corrected chi connectivity index (χ2v) is 6.45. The van der Waals surface area contributed by atoms with Gasteiger partial charge >= 0.3 is 5.97 Å². The molecule has 2 N–H and O–H groups in total. The molecule has 0 bridgehead atoms. The zero-order chi connectivity index (χ0) is 18.6. The van der Waals surface area contributed by atoms with Crippen LogP contribution in [0.1, 0.15) is 38.9 Å². The van der Waals surface area contributed by atoms with Gasteiger partial charge in [0, 0.05) is 5.56 Å². The van der Waals surface area contributed by atoms with Crippen molar-refractivity contribution in [3.63, 3.8) is 0 Å². The minimum absolute atomic E-state index is 0.112. The number of hydrogen-bond donors (Lipinski definition) is 2. The maximum Gasteiger partial charge on any atom is 0.347 e. The summed E-state index contributed by atoms with van der Waals surface area (Å²) < 4.78 is 10.4. The van der Waals surface area contributed by atoms with Crippen molar-refractivity contribution in [3.05, 3.63) is 39.3 Å². The molecule has 0 radical (unpaired) electrons. The van der Waals surface area contributed by atoms with E-state index in [1.54, 1.807) is 39.2 Å². The van der Waals surface area contributed by atoms with Crippen LogP contribution in [0.5, 0.6) is 11.5 Å². The number of methoxy groups -OCH3 is 2. The van der Waals surface area contributed by atoms with Gasteiger partial charge in [-0.1, -0.05) is 0 Å². The third kappa shape index (κ3) is 4.48. The molecule has 8 heteroatoms. The van der Waals surface area contributed by atoms with Gasteiger partial charge < -0.3 is 19.9 Å². The SMILES string of the molecule is COc1ccc(OC)c(CC(=O)NC(C)c2nc(C)c(C(=O)O)s2)c1. The van der Waals surface area contributed by atoms with Gasteiger partial charge in [-0.3, -0.25) is 4.79 Å². The van der Waals surface area contributed by atoms with Crippen molar-refractivity contribution in [1.82, 2.24) is 10.3 Å². The first-order valence-corrected chi connectivity index (χ1v) is 8.38. The number of aromatic nitrogens is 1. The largest absolute Gasteiger partial charge is 0.497 e. The molecular formula is C17H20N2O5S. The second kappa shape index (κ2) is 7.98. The third-order valence-corrected chi connectivity index (χ3v) is 4.92. The van der Waals surface area contributed by atoms with E-state index in [4.69, 9.17) is 14.6 Å². The normalized spacial score (nSPS) is 11.7. The number of hydrogen-bond acceptors (Lipinski definition) is 6. The Balaban J connectivity index is 2.09. The van der Waals surface area contributed by atoms with Crippen molar-refractivity contribution in [1.29, 1.82) is 0 Å². The summed E-state index contributed by atoms with van der Waals surface area (Å²) in [5.41, 5.74) is 1.15. The van der Waals surface area contributed by atoms with Crippen LogP contribution in [-0.4, -0.2) is 36.2 Å². The average molecular weight is 364 g/mol. The molecule has 1 unspecified atom stereocenters. The fraction of sp³-hybridized carbons (Fsp3) is 0.353. The molecule has 1 aromatic heterocycles. The molecular weight excluding hydrogens is 344 g/mol. The topological polar surface area (TPSA) is 97.8 Å². The van der Waals surface area contributed by atoms with Crippen molar-refractivity contribution < 1.29 is 24.2 Å². The highest BCUT2D eigenvalue weighted by atomic mass is 32.1. The van der Waals surface area contributed by atoms with E-state index in [1.165, 1.54) is 7.11 Å². The number of carboxylic acid groups (broad SMARTS) is 1. The number of rotatable bonds is 7. The minimum Gasteiger partial charge on any atom is -0.497 e. The Labute approximate surface area is 149 Å². The molecule has 2 rings (SSSR count). The molecule has 0 aliphatic rings. The molecule has 134 valence electrons. The maximum absolute atomic E-state index is 12.3. The molecule has 0 saturated heterocycles. The molecule has 0 spiro atoms. The summed E-state index contributed by atoms with van der Waals surface area (Å²) in [5.74, 6) is 0.00447. The summed E-state index contributed by atoms with van der Waals surface area (Å²) in [6.07, 6.45) is 0.112. The van der Waals surface area contributed by atoms with Crippen LogP contribution in [0, 0.1) is 6.92 Å². The lowest BCUT2D eigenvalue weighted by Crippen LogP contribution is -2.28. The van der Waals surface area contributed by atoms with Gasteiger partial charge in [0.1, 0.15) is 21.4 Å². The minimum atomic E-state index is -1.01. The summed E-state index contributed by atoms with van der Waals surface area (Å²) >= 11 is 1.07. The molecule has 0 aliphatic heterocycles. The lowest BCUT2D eigenvalue weighted by atomic mass is 10.1. The number of ether oxygens (including phenoxy) is 2. The molecule has 1 atom stereocenters. The molecule has 0 fully saturated rings. The van der Waals surface area contributed by atoms with E-state index in [2.05, 4.69) is 10.3 Å². The summed E-state index contributed by atoms with van der Waals surface area (Å²) in [4.78, 5) is 27.9. The lowest BCUT2D eigenvalue weighted by Gasteiger charge is -2.13. The molecule has 1 heterocycles. The van der Waals surface area contributed by atoms with E-state index in [1.807, 2.05) is 0 Å². The number of carbonyl (C=O) groups excluding carboxylic acids is 1. The van der Waals surface area contributed by atoms with Crippen LogP contribution < -0.4 is 14.8 Å². The van der Waals surface area contributed by atoms with Gasteiger partial charge in [0.05, 0.1) is 32.4 Å². The number of thiazole rings is 1. The van der Waals surface area contributed by atoms with Gasteiger partial charge in [-0.15, -0.1) is 11.3 Å². The molecule has 25 heavy (non-hydrogen) atoms. The summed E-state index contributed by atoms with van der Waals surface area (Å²) in [6.45, 7) is 3.41. The van der Waals surface area contributed by atoms with Crippen molar-refractivity contribution in [2.75, 3.05) is 14.2 Å². The Kier molecular flexibility index (Phi) is 5.97. The number of aryl methyl sites for hydroxylation is 1. The zero-order valence-corrected chi connectivity index (χ0v) is 15.3. The number of nitrogens with one attached hydrogen (secondary N) is 1. The summed E-state index contributed by atoms with van der Waals surface area (Å²) in [5, 5.41) is 12.5. The van der Waals surface area contributed by atoms with Gasteiger partial charge in [-0.05, 0) is 32.0 Å². The van der Waals surface area contributed by atoms with Gasteiger partial charge in [0.15, 0.2) is 0 Å². The number of carbonyl (C=O) groups is 2. The Morgan fingerprint density at radius 3 is 2.60 bits per heavy atom. The second-order valence-electron chi connectivity index (χ2n) is 5.42. The van der Waals surface area contributed by atoms with Crippen LogP contribution in [-0.2, 0) is 11.2 Å². The van der Waals surface area contributed by atoms with E-state index in [0.717, 1.165) is 11.3 Å². The number of amides is 1. The van der Waals surface area contributed by atoms with E-state index in [0.29, 0.717) is 27.8 Å². The average Bonchev–Trinajstić information content (AvgIpc) is 2.96. The monoisotopic (exact) mass is 364 g/mol. The molecule has 0 aliphatic carbocycles. The molecule has 2 aromatic rings. The van der Waals surface area contributed by atoms with Gasteiger partial charge in [0.25, 0.3) is 0 Å². The van der Waals surface area contributed by atoms with Crippen LogP contribution in [0.2, 0.25) is 0 Å². The van der Waals surface area contributed by atoms with Crippen LogP contribution >= 0.6 is 11.3 Å². The molecule has 0 saturated carbocycles. The number of aromatic carboxylic acids is 1. The van der Waals surface area contributed by atoms with Gasteiger partial charge in [0.2, 0.25) is 5.91 Å². The maximum atomic E-state index is 12.3. The summed E-state index contributed by atoms with van der Waals surface area (Å²) in [7, 11) is 3.09. The molecule has 1 amide bonds. The Bertz CT molecular complexity index is 787. The predicted molar refractivity (Wildman–Crippen MR) is 93.6 cm³/mol. The fourth-order valence-electron chi connectivity index (χ4n) is 2.35. The Morgan fingerprint density at radius 1 is 1.32 bits per heavy atom. The van der Waals surface area contributed by atoms with E-state index >= 15 is 0 Å². The smallest absolute Gasteiger partial charge is 0.347 e. The van der Waals surface area contributed by atoms with E-state index in [9.17, 15) is 9.59 Å². The van der Waals surface area contributed by atoms with Gasteiger partial charge in [-0.2, -0.15) is 0 Å².